The molecule has 1 N–H and O–H groups in total. The van der Waals surface area contributed by atoms with Gasteiger partial charge < -0.3 is 4.90 Å². The summed E-state index contributed by atoms with van der Waals surface area (Å²) >= 11 is 3.44. The molecule has 0 aliphatic heterocycles. The number of benzene rings is 1. The van der Waals surface area contributed by atoms with Gasteiger partial charge in [-0.3, -0.25) is 4.79 Å². The molecule has 0 heterocycles. The van der Waals surface area contributed by atoms with Crippen molar-refractivity contribution < 1.29 is 13.2 Å². The van der Waals surface area contributed by atoms with E-state index in [1.807, 2.05) is 32.0 Å². The van der Waals surface area contributed by atoms with Crippen LogP contribution >= 0.6 is 15.9 Å². The van der Waals surface area contributed by atoms with E-state index >= 15 is 0 Å². The van der Waals surface area contributed by atoms with Gasteiger partial charge in [0.2, 0.25) is 15.9 Å². The molecule has 0 aliphatic rings. The normalized spacial score (nSPS) is 11.5. The summed E-state index contributed by atoms with van der Waals surface area (Å²) in [5.74, 6) is 0.00290. The highest BCUT2D eigenvalue weighted by molar-refractivity contribution is 9.10. The van der Waals surface area contributed by atoms with Crippen LogP contribution in [0, 0.1) is 6.92 Å². The number of amides is 1. The maximum atomic E-state index is 11.8. The van der Waals surface area contributed by atoms with Crippen LogP contribution < -0.4 is 9.62 Å². The van der Waals surface area contributed by atoms with Gasteiger partial charge in [0.05, 0.1) is 5.75 Å². The van der Waals surface area contributed by atoms with Crippen molar-refractivity contribution in [3.8, 4) is 0 Å². The zero-order valence-corrected chi connectivity index (χ0v) is 15.6. The highest BCUT2D eigenvalue weighted by Gasteiger charge is 2.14. The molecule has 124 valence electrons. The number of sulfonamides is 1. The quantitative estimate of drug-likeness (QED) is 0.741. The minimum atomic E-state index is -3.26. The SMILES string of the molecule is CCCCS(=O)(=O)NCCN(C(C)=O)c1ccc(C)c(Br)c1. The number of aryl methyl sites for hydroxylation is 1. The Morgan fingerprint density at radius 3 is 2.59 bits per heavy atom. The number of rotatable bonds is 8. The number of unbranched alkanes of at least 4 members (excludes halogenated alkanes) is 1. The standard InChI is InChI=1S/C15H23BrN2O3S/c1-4-5-10-22(20,21)17-8-9-18(13(3)19)14-7-6-12(2)15(16)11-14/h6-7,11,17H,4-5,8-10H2,1-3H3. The third-order valence-corrected chi connectivity index (χ3v) is 5.60. The van der Waals surface area contributed by atoms with Gasteiger partial charge in [0.1, 0.15) is 0 Å². The molecule has 5 nitrogen and oxygen atoms in total. The zero-order valence-electron chi connectivity index (χ0n) is 13.2. The van der Waals surface area contributed by atoms with E-state index in [1.54, 1.807) is 4.90 Å². The summed E-state index contributed by atoms with van der Waals surface area (Å²) < 4.78 is 27.0. The molecule has 0 atom stereocenters. The second-order valence-corrected chi connectivity index (χ2v) is 7.95. The van der Waals surface area contributed by atoms with Gasteiger partial charge in [-0.05, 0) is 31.0 Å². The van der Waals surface area contributed by atoms with Gasteiger partial charge in [-0.1, -0.05) is 35.3 Å². The molecular formula is C15H23BrN2O3S. The molecule has 0 radical (unpaired) electrons. The molecule has 0 bridgehead atoms. The fourth-order valence-corrected chi connectivity index (χ4v) is 3.52. The van der Waals surface area contributed by atoms with Gasteiger partial charge >= 0.3 is 0 Å². The van der Waals surface area contributed by atoms with Gasteiger partial charge in [0, 0.05) is 30.2 Å². The van der Waals surface area contributed by atoms with E-state index in [0.29, 0.717) is 13.0 Å². The van der Waals surface area contributed by atoms with Crippen LogP contribution in [0.4, 0.5) is 5.69 Å². The lowest BCUT2D eigenvalue weighted by atomic mass is 10.2. The third-order valence-electron chi connectivity index (χ3n) is 3.27. The van der Waals surface area contributed by atoms with Crippen molar-refractivity contribution in [1.82, 2.24) is 4.72 Å². The Labute approximate surface area is 141 Å². The van der Waals surface area contributed by atoms with Crippen LogP contribution in [0.5, 0.6) is 0 Å². The average Bonchev–Trinajstić information content (AvgIpc) is 2.44. The van der Waals surface area contributed by atoms with Crippen LogP contribution in [-0.4, -0.2) is 33.2 Å². The molecule has 0 saturated heterocycles. The second kappa shape index (κ2) is 8.64. The smallest absolute Gasteiger partial charge is 0.223 e. The van der Waals surface area contributed by atoms with Crippen molar-refractivity contribution in [2.24, 2.45) is 0 Å². The van der Waals surface area contributed by atoms with Crippen LogP contribution in [0.15, 0.2) is 22.7 Å². The Kier molecular flexibility index (Phi) is 7.52. The summed E-state index contributed by atoms with van der Waals surface area (Å²) in [4.78, 5) is 13.4. The lowest BCUT2D eigenvalue weighted by Crippen LogP contribution is -2.38. The van der Waals surface area contributed by atoms with Crippen molar-refractivity contribution in [2.75, 3.05) is 23.7 Å². The van der Waals surface area contributed by atoms with E-state index in [4.69, 9.17) is 0 Å². The Morgan fingerprint density at radius 2 is 2.05 bits per heavy atom. The molecule has 1 rings (SSSR count). The maximum absolute atomic E-state index is 11.8. The first-order valence-corrected chi connectivity index (χ1v) is 9.73. The zero-order chi connectivity index (χ0) is 16.8. The summed E-state index contributed by atoms with van der Waals surface area (Å²) in [6.07, 6.45) is 1.47. The fourth-order valence-electron chi connectivity index (χ4n) is 1.94. The number of halogens is 1. The highest BCUT2D eigenvalue weighted by atomic mass is 79.9. The number of anilines is 1. The molecule has 1 amide bonds. The molecular weight excluding hydrogens is 368 g/mol. The number of carbonyl (C=O) groups is 1. The molecule has 0 aromatic heterocycles. The Hall–Kier alpha value is -0.920. The summed E-state index contributed by atoms with van der Waals surface area (Å²) in [6.45, 7) is 5.89. The van der Waals surface area contributed by atoms with Crippen molar-refractivity contribution in [2.45, 2.75) is 33.6 Å². The number of carbonyl (C=O) groups excluding carboxylic acids is 1. The van der Waals surface area contributed by atoms with Crippen molar-refractivity contribution >= 4 is 37.5 Å². The molecule has 22 heavy (non-hydrogen) atoms. The highest BCUT2D eigenvalue weighted by Crippen LogP contribution is 2.23. The Bertz CT molecular complexity index is 617. The topological polar surface area (TPSA) is 66.5 Å². The first kappa shape index (κ1) is 19.1. The van der Waals surface area contributed by atoms with Crippen LogP contribution in [0.1, 0.15) is 32.3 Å². The van der Waals surface area contributed by atoms with Crippen LogP contribution in [0.25, 0.3) is 0 Å². The molecule has 0 fully saturated rings. The first-order valence-electron chi connectivity index (χ1n) is 7.28. The monoisotopic (exact) mass is 390 g/mol. The molecule has 0 spiro atoms. The predicted molar refractivity (Wildman–Crippen MR) is 93.6 cm³/mol. The Balaban J connectivity index is 2.70. The molecule has 1 aromatic carbocycles. The van der Waals surface area contributed by atoms with Crippen molar-refractivity contribution in [3.63, 3.8) is 0 Å². The predicted octanol–water partition coefficient (Wildman–Crippen LogP) is 2.83. The molecule has 0 unspecified atom stereocenters. The number of nitrogens with zero attached hydrogens (tertiary/aromatic N) is 1. The lowest BCUT2D eigenvalue weighted by Gasteiger charge is -2.22. The van der Waals surface area contributed by atoms with Crippen LogP contribution in [0.2, 0.25) is 0 Å². The average molecular weight is 391 g/mol. The number of nitrogens with one attached hydrogen (secondary N) is 1. The lowest BCUT2D eigenvalue weighted by molar-refractivity contribution is -0.116. The molecule has 7 heteroatoms. The molecule has 1 aromatic rings. The summed E-state index contributed by atoms with van der Waals surface area (Å²) in [5, 5.41) is 0. The van der Waals surface area contributed by atoms with Gasteiger partial charge in [-0.25, -0.2) is 13.1 Å². The van der Waals surface area contributed by atoms with Gasteiger partial charge in [0.25, 0.3) is 0 Å². The summed E-state index contributed by atoms with van der Waals surface area (Å²) in [7, 11) is -3.26. The van der Waals surface area contributed by atoms with Crippen LogP contribution in [-0.2, 0) is 14.8 Å². The van der Waals surface area contributed by atoms with Gasteiger partial charge in [0.15, 0.2) is 0 Å². The minimum Gasteiger partial charge on any atom is -0.311 e. The minimum absolute atomic E-state index is 0.122. The Morgan fingerprint density at radius 1 is 1.36 bits per heavy atom. The number of hydrogen-bond acceptors (Lipinski definition) is 3. The van der Waals surface area contributed by atoms with E-state index in [2.05, 4.69) is 20.7 Å². The first-order chi connectivity index (χ1) is 10.3. The number of hydrogen-bond donors (Lipinski definition) is 1. The van der Waals surface area contributed by atoms with Crippen molar-refractivity contribution in [1.29, 1.82) is 0 Å². The van der Waals surface area contributed by atoms with E-state index in [0.717, 1.165) is 22.1 Å². The third kappa shape index (κ3) is 6.06. The summed E-state index contributed by atoms with van der Waals surface area (Å²) in [5.41, 5.74) is 1.82. The van der Waals surface area contributed by atoms with E-state index < -0.39 is 10.0 Å². The maximum Gasteiger partial charge on any atom is 0.223 e. The summed E-state index contributed by atoms with van der Waals surface area (Å²) in [6, 6.07) is 5.64. The fraction of sp³-hybridized carbons (Fsp3) is 0.533. The molecule has 0 aliphatic carbocycles. The largest absolute Gasteiger partial charge is 0.311 e. The van der Waals surface area contributed by atoms with E-state index in [1.165, 1.54) is 6.92 Å². The molecule has 0 saturated carbocycles. The van der Waals surface area contributed by atoms with Crippen molar-refractivity contribution in [3.05, 3.63) is 28.2 Å². The second-order valence-electron chi connectivity index (χ2n) is 5.17. The van der Waals surface area contributed by atoms with Crippen LogP contribution in [0.3, 0.4) is 0 Å². The van der Waals surface area contributed by atoms with E-state index in [-0.39, 0.29) is 18.2 Å². The van der Waals surface area contributed by atoms with E-state index in [9.17, 15) is 13.2 Å². The van der Waals surface area contributed by atoms with Gasteiger partial charge in [-0.2, -0.15) is 0 Å². The van der Waals surface area contributed by atoms with Gasteiger partial charge in [-0.15, -0.1) is 0 Å².